The Kier molecular flexibility index (Phi) is 11.7. The second-order valence-electron chi connectivity index (χ2n) is 5.18. The van der Waals surface area contributed by atoms with E-state index in [1.807, 2.05) is 18.7 Å². The first-order valence-electron chi connectivity index (χ1n) is 7.07. The Morgan fingerprint density at radius 1 is 1.11 bits per heavy atom. The van der Waals surface area contributed by atoms with Crippen LogP contribution in [0.5, 0.6) is 0 Å². The van der Waals surface area contributed by atoms with Gasteiger partial charge in [0.25, 0.3) is 0 Å². The third kappa shape index (κ3) is 10.9. The van der Waals surface area contributed by atoms with E-state index in [2.05, 4.69) is 30.7 Å². The molecule has 0 heterocycles. The Morgan fingerprint density at radius 2 is 1.78 bits per heavy atom. The first-order chi connectivity index (χ1) is 8.57. The molecule has 3 nitrogen and oxygen atoms in total. The third-order valence-electron chi connectivity index (χ3n) is 3.13. The van der Waals surface area contributed by atoms with E-state index in [1.165, 1.54) is 31.4 Å². The van der Waals surface area contributed by atoms with Crippen LogP contribution in [-0.2, 0) is 4.79 Å². The molecule has 1 amide bonds. The van der Waals surface area contributed by atoms with Crippen molar-refractivity contribution in [1.29, 1.82) is 0 Å². The number of thioether (sulfide) groups is 1. The summed E-state index contributed by atoms with van der Waals surface area (Å²) in [4.78, 5) is 11.6. The highest BCUT2D eigenvalue weighted by molar-refractivity contribution is 7.98. The van der Waals surface area contributed by atoms with E-state index in [0.717, 1.165) is 6.54 Å². The fourth-order valence-corrected chi connectivity index (χ4v) is 2.02. The molecule has 0 aliphatic carbocycles. The average Bonchev–Trinajstić information content (AvgIpc) is 2.32. The van der Waals surface area contributed by atoms with Crippen LogP contribution < -0.4 is 10.6 Å². The summed E-state index contributed by atoms with van der Waals surface area (Å²) in [5.74, 6) is 1.87. The van der Waals surface area contributed by atoms with Crippen LogP contribution in [0.1, 0.15) is 46.5 Å². The van der Waals surface area contributed by atoms with Gasteiger partial charge in [0.2, 0.25) is 5.91 Å². The van der Waals surface area contributed by atoms with Crippen molar-refractivity contribution in [2.45, 2.75) is 52.5 Å². The van der Waals surface area contributed by atoms with Crippen LogP contribution >= 0.6 is 11.8 Å². The van der Waals surface area contributed by atoms with Gasteiger partial charge in [-0.2, -0.15) is 11.8 Å². The lowest BCUT2D eigenvalue weighted by Crippen LogP contribution is -2.41. The third-order valence-corrected chi connectivity index (χ3v) is 3.82. The zero-order chi connectivity index (χ0) is 13.8. The van der Waals surface area contributed by atoms with Crippen LogP contribution in [0, 0.1) is 5.92 Å². The maximum atomic E-state index is 11.6. The zero-order valence-corrected chi connectivity index (χ0v) is 13.2. The minimum atomic E-state index is 0.110. The smallest absolute Gasteiger partial charge is 0.234 e. The Bertz CT molecular complexity index is 210. The highest BCUT2D eigenvalue weighted by Crippen LogP contribution is 2.03. The molecule has 4 heteroatoms. The van der Waals surface area contributed by atoms with Gasteiger partial charge < -0.3 is 10.6 Å². The van der Waals surface area contributed by atoms with E-state index < -0.39 is 0 Å². The highest BCUT2D eigenvalue weighted by Gasteiger charge is 2.09. The van der Waals surface area contributed by atoms with Gasteiger partial charge in [-0.1, -0.05) is 26.7 Å². The van der Waals surface area contributed by atoms with E-state index in [0.29, 0.717) is 12.5 Å². The maximum Gasteiger partial charge on any atom is 0.234 e. The molecule has 0 saturated carbocycles. The predicted molar refractivity (Wildman–Crippen MR) is 82.2 cm³/mol. The van der Waals surface area contributed by atoms with Crippen LogP contribution in [0.4, 0.5) is 0 Å². The van der Waals surface area contributed by atoms with Crippen molar-refractivity contribution < 1.29 is 4.79 Å². The number of nitrogens with one attached hydrogen (secondary N) is 2. The fourth-order valence-electron chi connectivity index (χ4n) is 1.52. The lowest BCUT2D eigenvalue weighted by atomic mass is 10.1. The SMILES string of the molecule is CSCCCCCCNCC(=O)NC(C)C(C)C. The lowest BCUT2D eigenvalue weighted by molar-refractivity contribution is -0.121. The van der Waals surface area contributed by atoms with E-state index in [4.69, 9.17) is 0 Å². The molecule has 0 aromatic heterocycles. The summed E-state index contributed by atoms with van der Waals surface area (Å²) >= 11 is 1.91. The van der Waals surface area contributed by atoms with Crippen molar-refractivity contribution >= 4 is 17.7 Å². The molecule has 108 valence electrons. The summed E-state index contributed by atoms with van der Waals surface area (Å²) in [7, 11) is 0. The van der Waals surface area contributed by atoms with Gasteiger partial charge in [-0.05, 0) is 44.2 Å². The van der Waals surface area contributed by atoms with Gasteiger partial charge >= 0.3 is 0 Å². The standard InChI is InChI=1S/C14H30N2OS/c1-12(2)13(3)16-14(17)11-15-9-7-5-6-8-10-18-4/h12-13,15H,5-11H2,1-4H3,(H,16,17). The van der Waals surface area contributed by atoms with Crippen LogP contribution in [0.25, 0.3) is 0 Å². The van der Waals surface area contributed by atoms with Gasteiger partial charge in [-0.25, -0.2) is 0 Å². The molecule has 0 spiro atoms. The molecule has 0 rings (SSSR count). The lowest BCUT2D eigenvalue weighted by Gasteiger charge is -2.17. The number of carbonyl (C=O) groups is 1. The molecule has 0 aliphatic heterocycles. The number of hydrogen-bond acceptors (Lipinski definition) is 3. The minimum Gasteiger partial charge on any atom is -0.352 e. The Morgan fingerprint density at radius 3 is 2.39 bits per heavy atom. The number of unbranched alkanes of at least 4 members (excludes halogenated alkanes) is 3. The highest BCUT2D eigenvalue weighted by atomic mass is 32.2. The summed E-state index contributed by atoms with van der Waals surface area (Å²) in [6, 6.07) is 0.255. The molecule has 2 N–H and O–H groups in total. The van der Waals surface area contributed by atoms with Crippen molar-refractivity contribution in [2.24, 2.45) is 5.92 Å². The molecule has 0 aliphatic rings. The largest absolute Gasteiger partial charge is 0.352 e. The molecular weight excluding hydrogens is 244 g/mol. The van der Waals surface area contributed by atoms with Gasteiger partial charge in [0.05, 0.1) is 6.54 Å². The number of amides is 1. The first-order valence-corrected chi connectivity index (χ1v) is 8.46. The van der Waals surface area contributed by atoms with E-state index in [-0.39, 0.29) is 11.9 Å². The molecule has 0 fully saturated rings. The number of rotatable bonds is 11. The zero-order valence-electron chi connectivity index (χ0n) is 12.4. The predicted octanol–water partition coefficient (Wildman–Crippen LogP) is 2.66. The van der Waals surface area contributed by atoms with Gasteiger partial charge in [-0.3, -0.25) is 4.79 Å². The van der Waals surface area contributed by atoms with Crippen molar-refractivity contribution in [1.82, 2.24) is 10.6 Å². The second-order valence-corrected chi connectivity index (χ2v) is 6.17. The Hall–Kier alpha value is -0.220. The maximum absolute atomic E-state index is 11.6. The normalized spacial score (nSPS) is 12.7. The molecule has 0 aromatic rings. The average molecular weight is 274 g/mol. The summed E-state index contributed by atoms with van der Waals surface area (Å²) in [5.41, 5.74) is 0. The van der Waals surface area contributed by atoms with Crippen molar-refractivity contribution in [2.75, 3.05) is 25.1 Å². The fraction of sp³-hybridized carbons (Fsp3) is 0.929. The molecule has 0 bridgehead atoms. The summed E-state index contributed by atoms with van der Waals surface area (Å²) in [5, 5.41) is 6.20. The van der Waals surface area contributed by atoms with Crippen LogP contribution in [0.3, 0.4) is 0 Å². The summed E-state index contributed by atoms with van der Waals surface area (Å²) in [6.45, 7) is 7.68. The molecule has 0 radical (unpaired) electrons. The van der Waals surface area contributed by atoms with E-state index in [1.54, 1.807) is 0 Å². The van der Waals surface area contributed by atoms with Crippen molar-refractivity contribution in [3.05, 3.63) is 0 Å². The topological polar surface area (TPSA) is 41.1 Å². The number of hydrogen-bond donors (Lipinski definition) is 2. The van der Waals surface area contributed by atoms with Crippen molar-refractivity contribution in [3.8, 4) is 0 Å². The van der Waals surface area contributed by atoms with Crippen LogP contribution in [0.2, 0.25) is 0 Å². The van der Waals surface area contributed by atoms with Gasteiger partial charge in [0.15, 0.2) is 0 Å². The quantitative estimate of drug-likeness (QED) is 0.569. The molecule has 1 unspecified atom stereocenters. The van der Waals surface area contributed by atoms with Gasteiger partial charge in [0, 0.05) is 6.04 Å². The van der Waals surface area contributed by atoms with Crippen LogP contribution in [-0.4, -0.2) is 37.0 Å². The Labute approximate surface area is 117 Å². The second kappa shape index (κ2) is 11.8. The van der Waals surface area contributed by atoms with Crippen molar-refractivity contribution in [3.63, 3.8) is 0 Å². The van der Waals surface area contributed by atoms with E-state index in [9.17, 15) is 4.79 Å². The van der Waals surface area contributed by atoms with Gasteiger partial charge in [0.1, 0.15) is 0 Å². The molecular formula is C14H30N2OS. The van der Waals surface area contributed by atoms with E-state index >= 15 is 0 Å². The molecule has 1 atom stereocenters. The van der Waals surface area contributed by atoms with Crippen LogP contribution in [0.15, 0.2) is 0 Å². The summed E-state index contributed by atoms with van der Waals surface area (Å²) < 4.78 is 0. The first kappa shape index (κ1) is 17.8. The minimum absolute atomic E-state index is 0.110. The molecule has 0 saturated heterocycles. The monoisotopic (exact) mass is 274 g/mol. The summed E-state index contributed by atoms with van der Waals surface area (Å²) in [6.07, 6.45) is 7.20. The van der Waals surface area contributed by atoms with Gasteiger partial charge in [-0.15, -0.1) is 0 Å². The number of carbonyl (C=O) groups excluding carboxylic acids is 1. The molecule has 0 aromatic carbocycles. The Balaban J connectivity index is 3.30. The molecule has 18 heavy (non-hydrogen) atoms.